The SMILES string of the molecule is C=C(NS(=O)O)c1cccc(-c2nccc3c(N)nc(Nc4ccc(N5CCN(C)CC5)cc4)nc23)c1. The molecule has 0 aliphatic carbocycles. The van der Waals surface area contributed by atoms with Crippen LogP contribution in [0.25, 0.3) is 27.9 Å². The molecule has 0 spiro atoms. The van der Waals surface area contributed by atoms with Gasteiger partial charge in [0.05, 0.1) is 5.69 Å². The van der Waals surface area contributed by atoms with E-state index in [-0.39, 0.29) is 0 Å². The number of rotatable bonds is 7. The Bertz CT molecular complexity index is 1470. The summed E-state index contributed by atoms with van der Waals surface area (Å²) in [6, 6.07) is 17.3. The number of hydrogen-bond donors (Lipinski definition) is 4. The van der Waals surface area contributed by atoms with Crippen LogP contribution in [0.1, 0.15) is 5.56 Å². The molecule has 0 saturated carbocycles. The molecule has 2 aromatic heterocycles. The minimum absolute atomic E-state index is 0.319. The van der Waals surface area contributed by atoms with Gasteiger partial charge in [-0.2, -0.15) is 4.98 Å². The van der Waals surface area contributed by atoms with Gasteiger partial charge in [-0.3, -0.25) is 14.3 Å². The topological polar surface area (TPSA) is 133 Å². The predicted octanol–water partition coefficient (Wildman–Crippen LogP) is 3.47. The largest absolute Gasteiger partial charge is 0.383 e. The highest BCUT2D eigenvalue weighted by molar-refractivity contribution is 7.77. The van der Waals surface area contributed by atoms with Gasteiger partial charge in [-0.1, -0.05) is 24.8 Å². The average Bonchev–Trinajstić information content (AvgIpc) is 2.89. The highest BCUT2D eigenvalue weighted by atomic mass is 32.2. The van der Waals surface area contributed by atoms with Crippen molar-refractivity contribution in [2.45, 2.75) is 0 Å². The lowest BCUT2D eigenvalue weighted by molar-refractivity contribution is 0.313. The van der Waals surface area contributed by atoms with E-state index in [0.29, 0.717) is 39.6 Å². The second-order valence-electron chi connectivity index (χ2n) is 8.86. The van der Waals surface area contributed by atoms with Gasteiger partial charge in [0, 0.05) is 60.4 Å². The molecule has 190 valence electrons. The third kappa shape index (κ3) is 5.53. The summed E-state index contributed by atoms with van der Waals surface area (Å²) in [5.74, 6) is 0.702. The lowest BCUT2D eigenvalue weighted by atomic mass is 10.0. The summed E-state index contributed by atoms with van der Waals surface area (Å²) in [5, 5.41) is 3.94. The summed E-state index contributed by atoms with van der Waals surface area (Å²) in [6.07, 6.45) is 1.66. The van der Waals surface area contributed by atoms with Crippen LogP contribution in [0.2, 0.25) is 0 Å². The van der Waals surface area contributed by atoms with Crippen LogP contribution in [-0.4, -0.2) is 61.8 Å². The fourth-order valence-corrected chi connectivity index (χ4v) is 4.64. The molecule has 1 aliphatic rings. The van der Waals surface area contributed by atoms with Crippen molar-refractivity contribution in [3.8, 4) is 11.3 Å². The molecule has 3 heterocycles. The van der Waals surface area contributed by atoms with Gasteiger partial charge in [0.25, 0.3) is 11.3 Å². The minimum Gasteiger partial charge on any atom is -0.383 e. The smallest absolute Gasteiger partial charge is 0.259 e. The first kappa shape index (κ1) is 24.6. The van der Waals surface area contributed by atoms with Crippen molar-refractivity contribution in [2.24, 2.45) is 0 Å². The van der Waals surface area contributed by atoms with Crippen LogP contribution in [0.15, 0.2) is 67.4 Å². The molecular weight excluding hydrogens is 488 g/mol. The van der Waals surface area contributed by atoms with Gasteiger partial charge in [-0.15, -0.1) is 0 Å². The Morgan fingerprint density at radius 3 is 2.57 bits per heavy atom. The van der Waals surface area contributed by atoms with Crippen molar-refractivity contribution in [1.29, 1.82) is 0 Å². The van der Waals surface area contributed by atoms with Crippen LogP contribution in [0.4, 0.5) is 23.1 Å². The van der Waals surface area contributed by atoms with E-state index in [9.17, 15) is 4.21 Å². The standard InChI is InChI=1S/C26H28N8O2S/c1-17(32-37(35)36)18-4-3-5-19(16-18)23-24-22(10-11-28-23)25(27)31-26(30-24)29-20-6-8-21(9-7-20)34-14-12-33(2)13-15-34/h3-11,16,32H,1,12-15H2,2H3,(H,35,36)(H3,27,29,30,31). The molecule has 11 heteroatoms. The van der Waals surface area contributed by atoms with E-state index >= 15 is 0 Å². The Morgan fingerprint density at radius 2 is 1.84 bits per heavy atom. The van der Waals surface area contributed by atoms with E-state index in [1.807, 2.05) is 30.3 Å². The van der Waals surface area contributed by atoms with Crippen molar-refractivity contribution < 1.29 is 8.76 Å². The van der Waals surface area contributed by atoms with Crippen LogP contribution in [-0.2, 0) is 11.3 Å². The van der Waals surface area contributed by atoms with Gasteiger partial charge in [-0.25, -0.2) is 9.19 Å². The molecule has 2 aromatic carbocycles. The number of piperazine rings is 1. The number of nitrogen functional groups attached to an aromatic ring is 1. The van der Waals surface area contributed by atoms with E-state index in [1.54, 1.807) is 18.3 Å². The van der Waals surface area contributed by atoms with E-state index in [4.69, 9.17) is 15.3 Å². The Kier molecular flexibility index (Phi) is 6.99. The summed E-state index contributed by atoms with van der Waals surface area (Å²) in [4.78, 5) is 18.5. The van der Waals surface area contributed by atoms with E-state index in [1.165, 1.54) is 5.69 Å². The molecule has 1 fully saturated rings. The van der Waals surface area contributed by atoms with Gasteiger partial charge in [0.15, 0.2) is 0 Å². The van der Waals surface area contributed by atoms with Crippen LogP contribution >= 0.6 is 0 Å². The van der Waals surface area contributed by atoms with Crippen molar-refractivity contribution in [3.63, 3.8) is 0 Å². The minimum atomic E-state index is -2.22. The molecule has 1 unspecified atom stereocenters. The second kappa shape index (κ2) is 10.5. The number of nitrogens with two attached hydrogens (primary N) is 1. The highest BCUT2D eigenvalue weighted by Gasteiger charge is 2.15. The third-order valence-corrected chi connectivity index (χ3v) is 6.75. The number of pyridine rings is 1. The van der Waals surface area contributed by atoms with E-state index in [0.717, 1.165) is 37.4 Å². The summed E-state index contributed by atoms with van der Waals surface area (Å²) in [6.45, 7) is 7.94. The van der Waals surface area contributed by atoms with Gasteiger partial charge in [0.2, 0.25) is 5.95 Å². The van der Waals surface area contributed by atoms with Crippen molar-refractivity contribution in [2.75, 3.05) is 49.2 Å². The van der Waals surface area contributed by atoms with Crippen molar-refractivity contribution >= 4 is 51.0 Å². The first-order chi connectivity index (χ1) is 17.9. The van der Waals surface area contributed by atoms with Crippen molar-refractivity contribution in [3.05, 3.63) is 72.9 Å². The number of hydrogen-bond acceptors (Lipinski definition) is 8. The first-order valence-corrected chi connectivity index (χ1v) is 12.9. The van der Waals surface area contributed by atoms with E-state index in [2.05, 4.69) is 55.6 Å². The number of nitrogens with zero attached hydrogens (tertiary/aromatic N) is 5. The van der Waals surface area contributed by atoms with Crippen LogP contribution < -0.4 is 20.7 Å². The number of aromatic nitrogens is 3. The molecule has 4 aromatic rings. The molecular formula is C26H28N8O2S. The Balaban J connectivity index is 1.43. The zero-order chi connectivity index (χ0) is 25.9. The van der Waals surface area contributed by atoms with E-state index < -0.39 is 11.3 Å². The lowest BCUT2D eigenvalue weighted by Gasteiger charge is -2.34. The molecule has 0 bridgehead atoms. The molecule has 0 radical (unpaired) electrons. The molecule has 37 heavy (non-hydrogen) atoms. The maximum atomic E-state index is 11.1. The van der Waals surface area contributed by atoms with Crippen LogP contribution in [0.5, 0.6) is 0 Å². The Morgan fingerprint density at radius 1 is 1.08 bits per heavy atom. The monoisotopic (exact) mass is 516 g/mol. The third-order valence-electron chi connectivity index (χ3n) is 6.33. The molecule has 5 rings (SSSR count). The average molecular weight is 517 g/mol. The molecule has 0 amide bonds. The molecule has 1 saturated heterocycles. The molecule has 5 N–H and O–H groups in total. The van der Waals surface area contributed by atoms with Gasteiger partial charge in [-0.05, 0) is 49.0 Å². The number of nitrogens with one attached hydrogen (secondary N) is 2. The highest BCUT2D eigenvalue weighted by Crippen LogP contribution is 2.30. The Labute approximate surface area is 217 Å². The number of fused-ring (bicyclic) bond motifs is 1. The maximum Gasteiger partial charge on any atom is 0.259 e. The first-order valence-electron chi connectivity index (χ1n) is 11.8. The number of benzene rings is 2. The molecule has 1 atom stereocenters. The zero-order valence-electron chi connectivity index (χ0n) is 20.4. The van der Waals surface area contributed by atoms with Crippen molar-refractivity contribution in [1.82, 2.24) is 24.6 Å². The summed E-state index contributed by atoms with van der Waals surface area (Å²) >= 11 is -2.22. The normalized spacial score (nSPS) is 14.9. The second-order valence-corrected chi connectivity index (χ2v) is 9.56. The summed E-state index contributed by atoms with van der Waals surface area (Å²) in [5.41, 5.74) is 11.3. The molecule has 1 aliphatic heterocycles. The van der Waals surface area contributed by atoms with Gasteiger partial charge >= 0.3 is 0 Å². The van der Waals surface area contributed by atoms with Gasteiger partial charge in [0.1, 0.15) is 11.3 Å². The fraction of sp³-hybridized carbons (Fsp3) is 0.192. The Hall–Kier alpha value is -4.06. The zero-order valence-corrected chi connectivity index (χ0v) is 21.2. The lowest BCUT2D eigenvalue weighted by Crippen LogP contribution is -2.44. The fourth-order valence-electron chi connectivity index (χ4n) is 4.31. The maximum absolute atomic E-state index is 11.1. The van der Waals surface area contributed by atoms with Crippen LogP contribution in [0.3, 0.4) is 0 Å². The van der Waals surface area contributed by atoms with Crippen LogP contribution in [0, 0.1) is 0 Å². The summed E-state index contributed by atoms with van der Waals surface area (Å²) in [7, 11) is 2.14. The van der Waals surface area contributed by atoms with Gasteiger partial charge < -0.3 is 20.9 Å². The quantitative estimate of drug-likeness (QED) is 0.273. The molecule has 10 nitrogen and oxygen atoms in total. The summed E-state index contributed by atoms with van der Waals surface area (Å²) < 4.78 is 22.7. The predicted molar refractivity (Wildman–Crippen MR) is 150 cm³/mol. The number of likely N-dealkylation sites (N-methyl/N-ethyl adjacent to an activating group) is 1. The number of anilines is 4.